The van der Waals surface area contributed by atoms with Crippen LogP contribution in [-0.4, -0.2) is 11.1 Å². The van der Waals surface area contributed by atoms with Gasteiger partial charge in [0.1, 0.15) is 5.82 Å². The normalized spacial score (nSPS) is 10.8. The first-order valence-electron chi connectivity index (χ1n) is 3.87. The van der Waals surface area contributed by atoms with Gasteiger partial charge < -0.3 is 5.11 Å². The number of benzene rings is 1. The molecule has 0 radical (unpaired) electrons. The van der Waals surface area contributed by atoms with Crippen LogP contribution >= 0.6 is 15.9 Å². The van der Waals surface area contributed by atoms with Crippen molar-refractivity contribution in [1.82, 2.24) is 0 Å². The zero-order chi connectivity index (χ0) is 10.7. The van der Waals surface area contributed by atoms with Gasteiger partial charge >= 0.3 is 5.97 Å². The van der Waals surface area contributed by atoms with Crippen LogP contribution in [0.1, 0.15) is 11.1 Å². The lowest BCUT2D eigenvalue weighted by atomic mass is 10.1. The van der Waals surface area contributed by atoms with E-state index in [1.54, 1.807) is 13.0 Å². The van der Waals surface area contributed by atoms with Gasteiger partial charge in [0.25, 0.3) is 0 Å². The van der Waals surface area contributed by atoms with E-state index in [0.717, 1.165) is 16.1 Å². The fourth-order valence-electron chi connectivity index (χ4n) is 0.950. The Morgan fingerprint density at radius 1 is 1.57 bits per heavy atom. The Kier molecular flexibility index (Phi) is 3.41. The largest absolute Gasteiger partial charge is 0.478 e. The molecule has 0 aliphatic rings. The molecule has 0 saturated carbocycles. The third-order valence-corrected chi connectivity index (χ3v) is 2.54. The van der Waals surface area contributed by atoms with E-state index < -0.39 is 11.8 Å². The summed E-state index contributed by atoms with van der Waals surface area (Å²) in [4.78, 5) is 10.2. The Labute approximate surface area is 89.2 Å². The molecule has 4 heteroatoms. The lowest BCUT2D eigenvalue weighted by Crippen LogP contribution is -1.89. The molecule has 0 spiro atoms. The summed E-state index contributed by atoms with van der Waals surface area (Å²) in [5.74, 6) is -1.52. The van der Waals surface area contributed by atoms with Gasteiger partial charge in [0.15, 0.2) is 0 Å². The molecule has 0 aliphatic heterocycles. The van der Waals surface area contributed by atoms with E-state index in [4.69, 9.17) is 5.11 Å². The van der Waals surface area contributed by atoms with Gasteiger partial charge in [-0.25, -0.2) is 9.18 Å². The molecule has 0 amide bonds. The summed E-state index contributed by atoms with van der Waals surface area (Å²) in [5, 5.41) is 8.37. The van der Waals surface area contributed by atoms with E-state index in [9.17, 15) is 9.18 Å². The minimum absolute atomic E-state index is 0.255. The number of hydrogen-bond donors (Lipinski definition) is 1. The molecule has 14 heavy (non-hydrogen) atoms. The maximum absolute atomic E-state index is 13.2. The molecule has 0 unspecified atom stereocenters. The zero-order valence-corrected chi connectivity index (χ0v) is 9.01. The second-order valence-electron chi connectivity index (χ2n) is 2.79. The van der Waals surface area contributed by atoms with Gasteiger partial charge in [-0.15, -0.1) is 0 Å². The van der Waals surface area contributed by atoms with E-state index in [1.165, 1.54) is 12.1 Å². The van der Waals surface area contributed by atoms with E-state index >= 15 is 0 Å². The molecule has 0 heterocycles. The highest BCUT2D eigenvalue weighted by Gasteiger charge is 2.03. The Morgan fingerprint density at radius 3 is 2.79 bits per heavy atom. The molecule has 1 N–H and O–H groups in total. The first-order valence-corrected chi connectivity index (χ1v) is 4.66. The predicted molar refractivity (Wildman–Crippen MR) is 55.5 cm³/mol. The number of halogens is 2. The molecule has 1 rings (SSSR count). The lowest BCUT2D eigenvalue weighted by molar-refractivity contribution is -0.131. The summed E-state index contributed by atoms with van der Waals surface area (Å²) in [6.45, 7) is 1.76. The van der Waals surface area contributed by atoms with E-state index in [0.29, 0.717) is 0 Å². The average Bonchev–Trinajstić information content (AvgIpc) is 2.09. The summed E-state index contributed by atoms with van der Waals surface area (Å²) in [6.07, 6.45) is 2.13. The average molecular weight is 259 g/mol. The Balaban J connectivity index is 3.10. The van der Waals surface area contributed by atoms with Crippen LogP contribution in [0.3, 0.4) is 0 Å². The van der Waals surface area contributed by atoms with Crippen LogP contribution in [0.2, 0.25) is 0 Å². The molecular formula is C10H8BrFO2. The Bertz CT molecular complexity index is 399. The number of carboxylic acids is 1. The third kappa shape index (κ3) is 2.67. The van der Waals surface area contributed by atoms with Crippen LogP contribution < -0.4 is 0 Å². The van der Waals surface area contributed by atoms with Gasteiger partial charge in [0, 0.05) is 16.1 Å². The van der Waals surface area contributed by atoms with Gasteiger partial charge in [0.2, 0.25) is 0 Å². The lowest BCUT2D eigenvalue weighted by Gasteiger charge is -2.01. The summed E-state index contributed by atoms with van der Waals surface area (Å²) < 4.78 is 14.0. The zero-order valence-electron chi connectivity index (χ0n) is 7.42. The van der Waals surface area contributed by atoms with Crippen molar-refractivity contribution in [3.63, 3.8) is 0 Å². The van der Waals surface area contributed by atoms with Crippen molar-refractivity contribution in [2.45, 2.75) is 6.92 Å². The van der Waals surface area contributed by atoms with E-state index in [-0.39, 0.29) is 5.56 Å². The summed E-state index contributed by atoms with van der Waals surface area (Å²) in [7, 11) is 0. The summed E-state index contributed by atoms with van der Waals surface area (Å²) in [6, 6.07) is 2.90. The molecular weight excluding hydrogens is 251 g/mol. The summed E-state index contributed by atoms with van der Waals surface area (Å²) in [5.41, 5.74) is 1.03. The van der Waals surface area contributed by atoms with Crippen LogP contribution in [0.5, 0.6) is 0 Å². The Hall–Kier alpha value is -1.16. The number of hydrogen-bond acceptors (Lipinski definition) is 1. The van der Waals surface area contributed by atoms with E-state index in [1.807, 2.05) is 0 Å². The monoisotopic (exact) mass is 258 g/mol. The number of aryl methyl sites for hydroxylation is 1. The number of carbonyl (C=O) groups is 1. The number of rotatable bonds is 2. The van der Waals surface area contributed by atoms with Crippen molar-refractivity contribution in [2.75, 3.05) is 0 Å². The highest BCUT2D eigenvalue weighted by atomic mass is 79.9. The fraction of sp³-hybridized carbons (Fsp3) is 0.100. The molecule has 0 aromatic heterocycles. The van der Waals surface area contributed by atoms with Crippen molar-refractivity contribution < 1.29 is 14.3 Å². The van der Waals surface area contributed by atoms with Gasteiger partial charge in [-0.05, 0) is 30.7 Å². The minimum atomic E-state index is -1.10. The Morgan fingerprint density at radius 2 is 2.21 bits per heavy atom. The molecule has 74 valence electrons. The predicted octanol–water partition coefficient (Wildman–Crippen LogP) is 2.99. The van der Waals surface area contributed by atoms with Gasteiger partial charge in [0.05, 0.1) is 0 Å². The first-order chi connectivity index (χ1) is 6.50. The molecule has 0 saturated heterocycles. The third-order valence-electron chi connectivity index (χ3n) is 1.68. The van der Waals surface area contributed by atoms with Crippen LogP contribution in [0, 0.1) is 12.7 Å². The van der Waals surface area contributed by atoms with Crippen LogP contribution in [0.25, 0.3) is 6.08 Å². The highest BCUT2D eigenvalue weighted by Crippen LogP contribution is 2.21. The minimum Gasteiger partial charge on any atom is -0.478 e. The van der Waals surface area contributed by atoms with Crippen LogP contribution in [0.15, 0.2) is 22.7 Å². The van der Waals surface area contributed by atoms with E-state index in [2.05, 4.69) is 15.9 Å². The maximum atomic E-state index is 13.2. The fourth-order valence-corrected chi connectivity index (χ4v) is 1.31. The van der Waals surface area contributed by atoms with Crippen molar-refractivity contribution >= 4 is 28.0 Å². The maximum Gasteiger partial charge on any atom is 0.328 e. The van der Waals surface area contributed by atoms with Gasteiger partial charge in [-0.3, -0.25) is 0 Å². The van der Waals surface area contributed by atoms with Crippen molar-refractivity contribution in [2.24, 2.45) is 0 Å². The molecule has 1 aromatic carbocycles. The summed E-state index contributed by atoms with van der Waals surface area (Å²) >= 11 is 3.24. The molecule has 1 aromatic rings. The second-order valence-corrected chi connectivity index (χ2v) is 3.65. The first kappa shape index (κ1) is 10.9. The molecule has 0 bridgehead atoms. The quantitative estimate of drug-likeness (QED) is 0.829. The van der Waals surface area contributed by atoms with Crippen LogP contribution in [-0.2, 0) is 4.79 Å². The van der Waals surface area contributed by atoms with Crippen molar-refractivity contribution in [3.8, 4) is 0 Å². The van der Waals surface area contributed by atoms with Crippen molar-refractivity contribution in [1.29, 1.82) is 0 Å². The number of aliphatic carboxylic acids is 1. The van der Waals surface area contributed by atoms with Gasteiger partial charge in [-0.1, -0.05) is 15.9 Å². The smallest absolute Gasteiger partial charge is 0.328 e. The molecule has 0 fully saturated rings. The molecule has 0 aliphatic carbocycles. The standard InChI is InChI=1S/C10H8BrFO2/c1-6-4-9(12)7(5-8(6)11)2-3-10(13)14/h2-5H,1H3,(H,13,14)/b3-2+. The van der Waals surface area contributed by atoms with Crippen molar-refractivity contribution in [3.05, 3.63) is 39.6 Å². The molecule has 2 nitrogen and oxygen atoms in total. The number of carboxylic acid groups (broad SMARTS) is 1. The highest BCUT2D eigenvalue weighted by molar-refractivity contribution is 9.10. The van der Waals surface area contributed by atoms with Crippen LogP contribution in [0.4, 0.5) is 4.39 Å². The topological polar surface area (TPSA) is 37.3 Å². The van der Waals surface area contributed by atoms with Gasteiger partial charge in [-0.2, -0.15) is 0 Å². The SMILES string of the molecule is Cc1cc(F)c(/C=C/C(=O)O)cc1Br. The molecule has 0 atom stereocenters. The second kappa shape index (κ2) is 4.37.